The molecule has 0 aliphatic carbocycles. The van der Waals surface area contributed by atoms with E-state index in [0.29, 0.717) is 12.4 Å². The average molecular weight is 300 g/mol. The number of aromatic hydroxyl groups is 2. The number of rotatable bonds is 5. The van der Waals surface area contributed by atoms with Crippen LogP contribution in [-0.2, 0) is 0 Å². The summed E-state index contributed by atoms with van der Waals surface area (Å²) in [6.45, 7) is 2.41. The monoisotopic (exact) mass is 300 g/mol. The van der Waals surface area contributed by atoms with Crippen LogP contribution in [0.15, 0.2) is 47.6 Å². The Morgan fingerprint density at radius 1 is 1.23 bits per heavy atom. The molecule has 114 valence electrons. The minimum Gasteiger partial charge on any atom is -0.508 e. The highest BCUT2D eigenvalue weighted by atomic mass is 16.5. The summed E-state index contributed by atoms with van der Waals surface area (Å²) in [6, 6.07) is 10.9. The number of hydrogen-bond donors (Lipinski definition) is 3. The van der Waals surface area contributed by atoms with Gasteiger partial charge in [-0.05, 0) is 31.2 Å². The molecular weight excluding hydrogens is 284 g/mol. The van der Waals surface area contributed by atoms with Gasteiger partial charge in [0.15, 0.2) is 0 Å². The standard InChI is InChI=1S/C16H16N2O4/c1-2-22-15-6-4-3-5-11(15)10-17-18-16(21)12-7-13(19)9-14(20)8-12/h3-10,19-20H,2H2,1H3,(H,18,21)/b17-10-. The molecule has 1 amide bonds. The lowest BCUT2D eigenvalue weighted by Crippen LogP contribution is -2.17. The predicted octanol–water partition coefficient (Wildman–Crippen LogP) is 2.26. The summed E-state index contributed by atoms with van der Waals surface area (Å²) < 4.78 is 5.44. The summed E-state index contributed by atoms with van der Waals surface area (Å²) in [5.41, 5.74) is 3.15. The highest BCUT2D eigenvalue weighted by Crippen LogP contribution is 2.20. The number of nitrogens with one attached hydrogen (secondary N) is 1. The number of ether oxygens (including phenoxy) is 1. The van der Waals surface area contributed by atoms with Gasteiger partial charge in [0.05, 0.1) is 12.8 Å². The Bertz CT molecular complexity index is 678. The van der Waals surface area contributed by atoms with Crippen molar-refractivity contribution in [3.63, 3.8) is 0 Å². The Hall–Kier alpha value is -3.02. The Morgan fingerprint density at radius 3 is 2.59 bits per heavy atom. The van der Waals surface area contributed by atoms with E-state index >= 15 is 0 Å². The van der Waals surface area contributed by atoms with Crippen LogP contribution < -0.4 is 10.2 Å². The van der Waals surface area contributed by atoms with Crippen molar-refractivity contribution in [2.24, 2.45) is 5.10 Å². The predicted molar refractivity (Wildman–Crippen MR) is 82.4 cm³/mol. The summed E-state index contributed by atoms with van der Waals surface area (Å²) in [6.07, 6.45) is 1.46. The third-order valence-corrected chi connectivity index (χ3v) is 2.75. The minimum absolute atomic E-state index is 0.104. The Labute approximate surface area is 127 Å². The number of amides is 1. The van der Waals surface area contributed by atoms with Crippen molar-refractivity contribution >= 4 is 12.1 Å². The second-order valence-corrected chi connectivity index (χ2v) is 4.41. The quantitative estimate of drug-likeness (QED) is 0.583. The fraction of sp³-hybridized carbons (Fsp3) is 0.125. The molecule has 0 unspecified atom stereocenters. The number of phenolic OH excluding ortho intramolecular Hbond substituents is 2. The van der Waals surface area contributed by atoms with Gasteiger partial charge in [-0.25, -0.2) is 5.43 Å². The summed E-state index contributed by atoms with van der Waals surface area (Å²) in [5.74, 6) is -0.277. The van der Waals surface area contributed by atoms with Crippen LogP contribution in [0.1, 0.15) is 22.8 Å². The van der Waals surface area contributed by atoms with Crippen LogP contribution in [0.25, 0.3) is 0 Å². The van der Waals surface area contributed by atoms with E-state index in [9.17, 15) is 15.0 Å². The maximum atomic E-state index is 11.9. The van der Waals surface area contributed by atoms with Gasteiger partial charge in [-0.15, -0.1) is 0 Å². The number of carbonyl (C=O) groups is 1. The van der Waals surface area contributed by atoms with Gasteiger partial charge in [0.1, 0.15) is 17.2 Å². The van der Waals surface area contributed by atoms with E-state index in [-0.39, 0.29) is 17.1 Å². The normalized spacial score (nSPS) is 10.6. The zero-order valence-electron chi connectivity index (χ0n) is 12.0. The fourth-order valence-corrected chi connectivity index (χ4v) is 1.83. The van der Waals surface area contributed by atoms with Crippen LogP contribution in [0.3, 0.4) is 0 Å². The maximum absolute atomic E-state index is 11.9. The van der Waals surface area contributed by atoms with E-state index in [1.165, 1.54) is 18.3 Å². The number of carbonyl (C=O) groups excluding carboxylic acids is 1. The van der Waals surface area contributed by atoms with Gasteiger partial charge in [-0.3, -0.25) is 4.79 Å². The molecule has 0 heterocycles. The summed E-state index contributed by atoms with van der Waals surface area (Å²) in [7, 11) is 0. The van der Waals surface area contributed by atoms with Crippen molar-refractivity contribution in [2.45, 2.75) is 6.92 Å². The fourth-order valence-electron chi connectivity index (χ4n) is 1.83. The zero-order valence-corrected chi connectivity index (χ0v) is 12.0. The van der Waals surface area contributed by atoms with E-state index in [0.717, 1.165) is 11.6 Å². The second-order valence-electron chi connectivity index (χ2n) is 4.41. The van der Waals surface area contributed by atoms with Crippen molar-refractivity contribution in [2.75, 3.05) is 6.61 Å². The molecule has 0 aliphatic heterocycles. The molecule has 0 saturated carbocycles. The van der Waals surface area contributed by atoms with Crippen molar-refractivity contribution in [1.29, 1.82) is 0 Å². The van der Waals surface area contributed by atoms with Crippen molar-refractivity contribution < 1.29 is 19.7 Å². The Kier molecular flexibility index (Phi) is 4.98. The molecule has 22 heavy (non-hydrogen) atoms. The van der Waals surface area contributed by atoms with Gasteiger partial charge >= 0.3 is 0 Å². The van der Waals surface area contributed by atoms with Crippen LogP contribution >= 0.6 is 0 Å². The minimum atomic E-state index is -0.545. The Morgan fingerprint density at radius 2 is 1.91 bits per heavy atom. The largest absolute Gasteiger partial charge is 0.508 e. The molecule has 0 aromatic heterocycles. The number of benzene rings is 2. The molecule has 2 aromatic rings. The van der Waals surface area contributed by atoms with Crippen LogP contribution in [0.4, 0.5) is 0 Å². The first-order valence-electron chi connectivity index (χ1n) is 6.68. The lowest BCUT2D eigenvalue weighted by atomic mass is 10.2. The van der Waals surface area contributed by atoms with Gasteiger partial charge in [0, 0.05) is 17.2 Å². The highest BCUT2D eigenvalue weighted by Gasteiger charge is 2.07. The lowest BCUT2D eigenvalue weighted by molar-refractivity contribution is 0.0954. The average Bonchev–Trinajstić information content (AvgIpc) is 2.48. The molecule has 6 heteroatoms. The van der Waals surface area contributed by atoms with Gasteiger partial charge in [0.25, 0.3) is 5.91 Å². The molecule has 2 rings (SSSR count). The number of hydrogen-bond acceptors (Lipinski definition) is 5. The van der Waals surface area contributed by atoms with E-state index in [2.05, 4.69) is 10.5 Å². The topological polar surface area (TPSA) is 91.2 Å². The van der Waals surface area contributed by atoms with Crippen molar-refractivity contribution in [3.05, 3.63) is 53.6 Å². The number of nitrogens with zero attached hydrogens (tertiary/aromatic N) is 1. The maximum Gasteiger partial charge on any atom is 0.271 e. The molecule has 0 saturated heterocycles. The van der Waals surface area contributed by atoms with Gasteiger partial charge < -0.3 is 14.9 Å². The summed E-state index contributed by atoms with van der Waals surface area (Å²) in [4.78, 5) is 11.9. The molecule has 0 aliphatic rings. The van der Waals surface area contributed by atoms with Gasteiger partial charge in [-0.2, -0.15) is 5.10 Å². The number of para-hydroxylation sites is 1. The van der Waals surface area contributed by atoms with Crippen molar-refractivity contribution in [3.8, 4) is 17.2 Å². The Balaban J connectivity index is 2.07. The van der Waals surface area contributed by atoms with Gasteiger partial charge in [-0.1, -0.05) is 12.1 Å². The molecule has 2 aromatic carbocycles. The molecule has 0 fully saturated rings. The molecule has 0 bridgehead atoms. The lowest BCUT2D eigenvalue weighted by Gasteiger charge is -2.06. The number of hydrazone groups is 1. The first-order valence-corrected chi connectivity index (χ1v) is 6.68. The van der Waals surface area contributed by atoms with Gasteiger partial charge in [0.2, 0.25) is 0 Å². The summed E-state index contributed by atoms with van der Waals surface area (Å²) >= 11 is 0. The highest BCUT2D eigenvalue weighted by molar-refractivity contribution is 5.95. The SMILES string of the molecule is CCOc1ccccc1/C=N\NC(=O)c1cc(O)cc(O)c1. The van der Waals surface area contributed by atoms with Crippen LogP contribution in [0.2, 0.25) is 0 Å². The van der Waals surface area contributed by atoms with E-state index in [1.807, 2.05) is 19.1 Å². The van der Waals surface area contributed by atoms with Crippen LogP contribution in [0, 0.1) is 0 Å². The third-order valence-electron chi connectivity index (χ3n) is 2.75. The van der Waals surface area contributed by atoms with E-state index < -0.39 is 5.91 Å². The molecule has 0 radical (unpaired) electrons. The summed E-state index contributed by atoms with van der Waals surface area (Å²) in [5, 5.41) is 22.5. The number of phenols is 2. The second kappa shape index (κ2) is 7.12. The molecule has 6 nitrogen and oxygen atoms in total. The molecule has 0 atom stereocenters. The third kappa shape index (κ3) is 3.99. The van der Waals surface area contributed by atoms with E-state index in [1.54, 1.807) is 12.1 Å². The van der Waals surface area contributed by atoms with Crippen molar-refractivity contribution in [1.82, 2.24) is 5.43 Å². The zero-order chi connectivity index (χ0) is 15.9. The smallest absolute Gasteiger partial charge is 0.271 e. The van der Waals surface area contributed by atoms with Crippen LogP contribution in [-0.4, -0.2) is 28.9 Å². The first-order chi connectivity index (χ1) is 10.6. The van der Waals surface area contributed by atoms with E-state index in [4.69, 9.17) is 4.74 Å². The first kappa shape index (κ1) is 15.4. The van der Waals surface area contributed by atoms with Crippen LogP contribution in [0.5, 0.6) is 17.2 Å². The molecule has 0 spiro atoms. The molecular formula is C16H16N2O4. The molecule has 3 N–H and O–H groups in total.